The standard InChI is InChI=1S/C15H20N2O4S/c1-3-22(20,21)9-8-16-15(19)14-10-12-6-4-5-7-13(12)17(14)11(2)18/h4-7,14H,3,8-10H2,1-2H3,(H,16,19)/t14-/m0/s1. The summed E-state index contributed by atoms with van der Waals surface area (Å²) >= 11 is 0. The van der Waals surface area contributed by atoms with Gasteiger partial charge in [0.25, 0.3) is 0 Å². The second kappa shape index (κ2) is 6.48. The van der Waals surface area contributed by atoms with Crippen molar-refractivity contribution in [2.24, 2.45) is 0 Å². The molecule has 1 aliphatic rings. The molecule has 0 spiro atoms. The average molecular weight is 324 g/mol. The highest BCUT2D eigenvalue weighted by molar-refractivity contribution is 7.91. The number of amides is 2. The van der Waals surface area contributed by atoms with Crippen molar-refractivity contribution in [1.29, 1.82) is 0 Å². The third-order valence-electron chi connectivity index (χ3n) is 3.77. The lowest BCUT2D eigenvalue weighted by atomic mass is 10.1. The van der Waals surface area contributed by atoms with Gasteiger partial charge in [-0.1, -0.05) is 25.1 Å². The van der Waals surface area contributed by atoms with E-state index in [1.54, 1.807) is 6.92 Å². The van der Waals surface area contributed by atoms with E-state index in [1.807, 2.05) is 24.3 Å². The van der Waals surface area contributed by atoms with Crippen molar-refractivity contribution in [3.05, 3.63) is 29.8 Å². The summed E-state index contributed by atoms with van der Waals surface area (Å²) in [6.07, 6.45) is 0.447. The van der Waals surface area contributed by atoms with Crippen LogP contribution in [0.4, 0.5) is 5.69 Å². The first-order chi connectivity index (χ1) is 10.4. The lowest BCUT2D eigenvalue weighted by Gasteiger charge is -2.23. The van der Waals surface area contributed by atoms with Crippen molar-refractivity contribution >= 4 is 27.3 Å². The first kappa shape index (κ1) is 16.5. The number of carbonyl (C=O) groups excluding carboxylic acids is 2. The molecule has 0 unspecified atom stereocenters. The van der Waals surface area contributed by atoms with Crippen molar-refractivity contribution in [2.45, 2.75) is 26.3 Å². The van der Waals surface area contributed by atoms with E-state index in [1.165, 1.54) is 11.8 Å². The third-order valence-corrected chi connectivity index (χ3v) is 5.48. The number of nitrogens with zero attached hydrogens (tertiary/aromatic N) is 1. The molecule has 0 bridgehead atoms. The summed E-state index contributed by atoms with van der Waals surface area (Å²) in [5.74, 6) is -0.560. The van der Waals surface area contributed by atoms with Crippen LogP contribution in [0.3, 0.4) is 0 Å². The van der Waals surface area contributed by atoms with Gasteiger partial charge in [0.05, 0.1) is 5.75 Å². The molecule has 0 aromatic heterocycles. The highest BCUT2D eigenvalue weighted by Gasteiger charge is 2.36. The molecule has 1 aromatic carbocycles. The number of para-hydroxylation sites is 1. The Bertz CT molecular complexity index is 685. The summed E-state index contributed by atoms with van der Waals surface area (Å²) in [5, 5.41) is 2.62. The zero-order valence-electron chi connectivity index (χ0n) is 12.7. The van der Waals surface area contributed by atoms with Crippen LogP contribution in [0.2, 0.25) is 0 Å². The van der Waals surface area contributed by atoms with Gasteiger partial charge in [-0.25, -0.2) is 8.42 Å². The maximum atomic E-state index is 12.3. The minimum Gasteiger partial charge on any atom is -0.353 e. The lowest BCUT2D eigenvalue weighted by Crippen LogP contribution is -2.48. The summed E-state index contributed by atoms with van der Waals surface area (Å²) in [4.78, 5) is 25.6. The number of nitrogens with one attached hydrogen (secondary N) is 1. The van der Waals surface area contributed by atoms with Gasteiger partial charge >= 0.3 is 0 Å². The Morgan fingerprint density at radius 2 is 2.00 bits per heavy atom. The smallest absolute Gasteiger partial charge is 0.243 e. The number of rotatable bonds is 5. The van der Waals surface area contributed by atoms with E-state index in [4.69, 9.17) is 0 Å². The number of hydrogen-bond acceptors (Lipinski definition) is 4. The quantitative estimate of drug-likeness (QED) is 0.855. The molecule has 120 valence electrons. The number of anilines is 1. The van der Waals surface area contributed by atoms with Crippen LogP contribution >= 0.6 is 0 Å². The maximum absolute atomic E-state index is 12.3. The van der Waals surface area contributed by atoms with E-state index in [0.29, 0.717) is 6.42 Å². The number of sulfone groups is 1. The van der Waals surface area contributed by atoms with Crippen molar-refractivity contribution < 1.29 is 18.0 Å². The maximum Gasteiger partial charge on any atom is 0.243 e. The second-order valence-corrected chi connectivity index (χ2v) is 7.74. The van der Waals surface area contributed by atoms with Gasteiger partial charge in [-0.3, -0.25) is 14.5 Å². The normalized spacial score (nSPS) is 17.2. The van der Waals surface area contributed by atoms with Crippen LogP contribution in [0.1, 0.15) is 19.4 Å². The summed E-state index contributed by atoms with van der Waals surface area (Å²) < 4.78 is 22.9. The number of fused-ring (bicyclic) bond motifs is 1. The van der Waals surface area contributed by atoms with E-state index in [9.17, 15) is 18.0 Å². The Kier molecular flexibility index (Phi) is 4.85. The molecule has 1 heterocycles. The fraction of sp³-hybridized carbons (Fsp3) is 0.467. The number of hydrogen-bond donors (Lipinski definition) is 1. The fourth-order valence-electron chi connectivity index (χ4n) is 2.58. The Balaban J connectivity index is 2.06. The first-order valence-electron chi connectivity index (χ1n) is 7.21. The molecule has 1 aromatic rings. The SMILES string of the molecule is CCS(=O)(=O)CCNC(=O)[C@@H]1Cc2ccccc2N1C(C)=O. The second-order valence-electron chi connectivity index (χ2n) is 5.27. The highest BCUT2D eigenvalue weighted by Crippen LogP contribution is 2.32. The molecule has 0 fully saturated rings. The van der Waals surface area contributed by atoms with Gasteiger partial charge < -0.3 is 5.32 Å². The zero-order chi connectivity index (χ0) is 16.3. The molecule has 6 nitrogen and oxygen atoms in total. The van der Waals surface area contributed by atoms with Crippen LogP contribution in [0, 0.1) is 0 Å². The Morgan fingerprint density at radius 1 is 1.32 bits per heavy atom. The van der Waals surface area contributed by atoms with Crippen molar-refractivity contribution in [1.82, 2.24) is 5.32 Å². The van der Waals surface area contributed by atoms with Gasteiger partial charge in [-0.15, -0.1) is 0 Å². The number of carbonyl (C=O) groups is 2. The molecule has 0 radical (unpaired) electrons. The van der Waals surface area contributed by atoms with Crippen LogP contribution in [-0.2, 0) is 25.8 Å². The van der Waals surface area contributed by atoms with Gasteiger partial charge in [-0.2, -0.15) is 0 Å². The van der Waals surface area contributed by atoms with Gasteiger partial charge in [0.15, 0.2) is 9.84 Å². The average Bonchev–Trinajstić information content (AvgIpc) is 2.86. The van der Waals surface area contributed by atoms with Crippen LogP contribution in [0.5, 0.6) is 0 Å². The molecule has 0 aliphatic carbocycles. The van der Waals surface area contributed by atoms with Gasteiger partial charge in [-0.05, 0) is 11.6 Å². The summed E-state index contributed by atoms with van der Waals surface area (Å²) in [6, 6.07) is 6.78. The van der Waals surface area contributed by atoms with Gasteiger partial charge in [0.1, 0.15) is 6.04 Å². The van der Waals surface area contributed by atoms with Gasteiger partial charge in [0.2, 0.25) is 11.8 Å². The fourth-order valence-corrected chi connectivity index (χ4v) is 3.28. The van der Waals surface area contributed by atoms with Crippen LogP contribution in [0.25, 0.3) is 0 Å². The predicted octanol–water partition coefficient (Wildman–Crippen LogP) is 0.515. The van der Waals surface area contributed by atoms with Crippen molar-refractivity contribution in [2.75, 3.05) is 23.0 Å². The van der Waals surface area contributed by atoms with E-state index in [2.05, 4.69) is 5.32 Å². The first-order valence-corrected chi connectivity index (χ1v) is 9.03. The molecule has 2 rings (SSSR count). The third kappa shape index (κ3) is 3.47. The monoisotopic (exact) mass is 324 g/mol. The molecule has 0 saturated carbocycles. The minimum atomic E-state index is -3.12. The molecule has 1 aliphatic heterocycles. The Hall–Kier alpha value is -1.89. The molecule has 0 saturated heterocycles. The number of benzene rings is 1. The van der Waals surface area contributed by atoms with E-state index < -0.39 is 15.9 Å². The Morgan fingerprint density at radius 3 is 2.64 bits per heavy atom. The molecule has 1 atom stereocenters. The van der Waals surface area contributed by atoms with Crippen LogP contribution < -0.4 is 10.2 Å². The molecule has 1 N–H and O–H groups in total. The molecule has 7 heteroatoms. The summed E-state index contributed by atoms with van der Waals surface area (Å²) in [5.41, 5.74) is 1.69. The Labute approximate surface area is 130 Å². The predicted molar refractivity (Wildman–Crippen MR) is 84.4 cm³/mol. The largest absolute Gasteiger partial charge is 0.353 e. The lowest BCUT2D eigenvalue weighted by molar-refractivity contribution is -0.125. The van der Waals surface area contributed by atoms with Crippen LogP contribution in [0.15, 0.2) is 24.3 Å². The molecule has 22 heavy (non-hydrogen) atoms. The van der Waals surface area contributed by atoms with Crippen molar-refractivity contribution in [3.8, 4) is 0 Å². The zero-order valence-corrected chi connectivity index (χ0v) is 13.5. The topological polar surface area (TPSA) is 83.6 Å². The minimum absolute atomic E-state index is 0.0529. The summed E-state index contributed by atoms with van der Waals surface area (Å²) in [7, 11) is -3.12. The van der Waals surface area contributed by atoms with E-state index in [-0.39, 0.29) is 29.9 Å². The molecular formula is C15H20N2O4S. The molecule has 2 amide bonds. The van der Waals surface area contributed by atoms with E-state index >= 15 is 0 Å². The van der Waals surface area contributed by atoms with Gasteiger partial charge in [0, 0.05) is 31.3 Å². The summed E-state index contributed by atoms with van der Waals surface area (Å²) in [6.45, 7) is 3.06. The highest BCUT2D eigenvalue weighted by atomic mass is 32.2. The molecular weight excluding hydrogens is 304 g/mol. The van der Waals surface area contributed by atoms with Crippen LogP contribution in [-0.4, -0.2) is 44.3 Å². The van der Waals surface area contributed by atoms with Crippen molar-refractivity contribution in [3.63, 3.8) is 0 Å². The van der Waals surface area contributed by atoms with E-state index in [0.717, 1.165) is 11.3 Å².